The molecule has 4 rings (SSSR count). The predicted molar refractivity (Wildman–Crippen MR) is 107 cm³/mol. The van der Waals surface area contributed by atoms with Crippen LogP contribution in [0.5, 0.6) is 11.5 Å². The molecule has 4 nitrogen and oxygen atoms in total. The van der Waals surface area contributed by atoms with Gasteiger partial charge in [0.1, 0.15) is 0 Å². The second-order valence-electron chi connectivity index (χ2n) is 6.89. The van der Waals surface area contributed by atoms with Crippen molar-refractivity contribution in [2.24, 2.45) is 0 Å². The van der Waals surface area contributed by atoms with E-state index in [0.29, 0.717) is 12.3 Å². The van der Waals surface area contributed by atoms with Crippen LogP contribution in [0.2, 0.25) is 0 Å². The highest BCUT2D eigenvalue weighted by molar-refractivity contribution is 5.99. The Kier molecular flexibility index (Phi) is 4.48. The number of rotatable bonds is 3. The lowest BCUT2D eigenvalue weighted by atomic mass is 9.92. The molecule has 1 atom stereocenters. The SMILES string of the molecule is COc1cc2c(cc1OC)C(C)N(C(=O)c1ccc3ccccc3c1)CC2. The summed E-state index contributed by atoms with van der Waals surface area (Å²) in [6.45, 7) is 2.76. The molecule has 0 bridgehead atoms. The summed E-state index contributed by atoms with van der Waals surface area (Å²) >= 11 is 0. The molecule has 3 aromatic rings. The Morgan fingerprint density at radius 1 is 0.963 bits per heavy atom. The van der Waals surface area contributed by atoms with Gasteiger partial charge in [0.05, 0.1) is 20.3 Å². The summed E-state index contributed by atoms with van der Waals surface area (Å²) in [7, 11) is 3.28. The highest BCUT2D eigenvalue weighted by atomic mass is 16.5. The molecule has 1 amide bonds. The van der Waals surface area contributed by atoms with Gasteiger partial charge in [-0.1, -0.05) is 30.3 Å². The molecule has 0 N–H and O–H groups in total. The minimum Gasteiger partial charge on any atom is -0.493 e. The van der Waals surface area contributed by atoms with Crippen molar-refractivity contribution in [2.45, 2.75) is 19.4 Å². The zero-order valence-electron chi connectivity index (χ0n) is 15.9. The average Bonchev–Trinajstić information content (AvgIpc) is 2.72. The Morgan fingerprint density at radius 2 is 1.67 bits per heavy atom. The van der Waals surface area contributed by atoms with Gasteiger partial charge in [0.15, 0.2) is 11.5 Å². The van der Waals surface area contributed by atoms with Crippen LogP contribution in [0.3, 0.4) is 0 Å². The van der Waals surface area contributed by atoms with Crippen LogP contribution in [0.25, 0.3) is 10.8 Å². The van der Waals surface area contributed by atoms with Crippen LogP contribution in [-0.4, -0.2) is 31.6 Å². The topological polar surface area (TPSA) is 38.8 Å². The molecule has 4 heteroatoms. The monoisotopic (exact) mass is 361 g/mol. The van der Waals surface area contributed by atoms with Gasteiger partial charge in [-0.05, 0) is 59.5 Å². The molecule has 3 aromatic carbocycles. The van der Waals surface area contributed by atoms with Crippen molar-refractivity contribution in [3.63, 3.8) is 0 Å². The minimum absolute atomic E-state index is 0.0208. The number of benzene rings is 3. The maximum atomic E-state index is 13.2. The third kappa shape index (κ3) is 3.01. The van der Waals surface area contributed by atoms with E-state index in [4.69, 9.17) is 9.47 Å². The normalized spacial score (nSPS) is 16.1. The maximum absolute atomic E-state index is 13.2. The molecule has 0 spiro atoms. The first-order chi connectivity index (χ1) is 13.1. The van der Waals surface area contributed by atoms with Gasteiger partial charge in [0.2, 0.25) is 0 Å². The summed E-state index contributed by atoms with van der Waals surface area (Å²) in [4.78, 5) is 15.2. The third-order valence-electron chi connectivity index (χ3n) is 5.44. The van der Waals surface area contributed by atoms with E-state index in [1.54, 1.807) is 14.2 Å². The summed E-state index contributed by atoms with van der Waals surface area (Å²) in [5.74, 6) is 1.49. The predicted octanol–water partition coefficient (Wildman–Crippen LogP) is 4.62. The van der Waals surface area contributed by atoms with Crippen LogP contribution in [0.4, 0.5) is 0 Å². The van der Waals surface area contributed by atoms with Gasteiger partial charge in [-0.2, -0.15) is 0 Å². The number of hydrogen-bond acceptors (Lipinski definition) is 3. The first-order valence-electron chi connectivity index (χ1n) is 9.17. The smallest absolute Gasteiger partial charge is 0.254 e. The van der Waals surface area contributed by atoms with Crippen molar-refractivity contribution < 1.29 is 14.3 Å². The van der Waals surface area contributed by atoms with Crippen molar-refractivity contribution in [2.75, 3.05) is 20.8 Å². The van der Waals surface area contributed by atoms with Gasteiger partial charge < -0.3 is 14.4 Å². The molecule has 0 saturated heterocycles. The van der Waals surface area contributed by atoms with Crippen molar-refractivity contribution >= 4 is 16.7 Å². The molecular weight excluding hydrogens is 338 g/mol. The lowest BCUT2D eigenvalue weighted by Gasteiger charge is -2.36. The van der Waals surface area contributed by atoms with E-state index >= 15 is 0 Å². The quantitative estimate of drug-likeness (QED) is 0.683. The average molecular weight is 361 g/mol. The molecule has 1 aliphatic heterocycles. The Balaban J connectivity index is 1.67. The van der Waals surface area contributed by atoms with Crippen LogP contribution < -0.4 is 9.47 Å². The molecule has 0 radical (unpaired) electrons. The molecule has 1 unspecified atom stereocenters. The van der Waals surface area contributed by atoms with E-state index in [2.05, 4.69) is 13.0 Å². The van der Waals surface area contributed by atoms with Crippen LogP contribution in [0, 0.1) is 0 Å². The van der Waals surface area contributed by atoms with Gasteiger partial charge in [0, 0.05) is 12.1 Å². The van der Waals surface area contributed by atoms with Crippen molar-refractivity contribution in [1.82, 2.24) is 4.90 Å². The number of ether oxygens (including phenoxy) is 2. The zero-order valence-corrected chi connectivity index (χ0v) is 15.9. The van der Waals surface area contributed by atoms with Crippen LogP contribution in [0.1, 0.15) is 34.5 Å². The van der Waals surface area contributed by atoms with E-state index in [-0.39, 0.29) is 11.9 Å². The molecule has 1 aliphatic rings. The lowest BCUT2D eigenvalue weighted by molar-refractivity contribution is 0.0677. The second kappa shape index (κ2) is 6.95. The van der Waals surface area contributed by atoms with Gasteiger partial charge in [-0.25, -0.2) is 0 Å². The van der Waals surface area contributed by atoms with Gasteiger partial charge in [0.25, 0.3) is 5.91 Å². The third-order valence-corrected chi connectivity index (χ3v) is 5.44. The highest BCUT2D eigenvalue weighted by Crippen LogP contribution is 2.38. The van der Waals surface area contributed by atoms with E-state index in [0.717, 1.165) is 34.1 Å². The summed E-state index contributed by atoms with van der Waals surface area (Å²) < 4.78 is 10.9. The lowest BCUT2D eigenvalue weighted by Crippen LogP contribution is -2.38. The molecule has 0 fully saturated rings. The van der Waals surface area contributed by atoms with Crippen LogP contribution >= 0.6 is 0 Å². The summed E-state index contributed by atoms with van der Waals surface area (Å²) in [6.07, 6.45) is 0.805. The van der Waals surface area contributed by atoms with Gasteiger partial charge in [-0.3, -0.25) is 4.79 Å². The fraction of sp³-hybridized carbons (Fsp3) is 0.261. The van der Waals surface area contributed by atoms with Crippen LogP contribution in [-0.2, 0) is 6.42 Å². The molecule has 0 saturated carbocycles. The number of fused-ring (bicyclic) bond motifs is 2. The summed E-state index contributed by atoms with van der Waals surface area (Å²) in [5, 5.41) is 2.22. The van der Waals surface area contributed by atoms with Crippen molar-refractivity contribution in [3.8, 4) is 11.5 Å². The number of amides is 1. The van der Waals surface area contributed by atoms with E-state index < -0.39 is 0 Å². The van der Waals surface area contributed by atoms with Crippen LogP contribution in [0.15, 0.2) is 54.6 Å². The highest BCUT2D eigenvalue weighted by Gasteiger charge is 2.29. The molecule has 1 heterocycles. The van der Waals surface area contributed by atoms with Crippen molar-refractivity contribution in [3.05, 3.63) is 71.3 Å². The number of nitrogens with zero attached hydrogens (tertiary/aromatic N) is 1. The number of carbonyl (C=O) groups excluding carboxylic acids is 1. The molecule has 27 heavy (non-hydrogen) atoms. The zero-order chi connectivity index (χ0) is 19.0. The summed E-state index contributed by atoms with van der Waals surface area (Å²) in [5.41, 5.74) is 3.06. The molecule has 0 aliphatic carbocycles. The van der Waals surface area contributed by atoms with E-state index in [1.807, 2.05) is 53.4 Å². The summed E-state index contributed by atoms with van der Waals surface area (Å²) in [6, 6.07) is 18.0. The molecule has 0 aromatic heterocycles. The fourth-order valence-electron chi connectivity index (χ4n) is 3.91. The Hall–Kier alpha value is -3.01. The molecule has 138 valence electrons. The van der Waals surface area contributed by atoms with E-state index in [1.165, 1.54) is 5.56 Å². The Morgan fingerprint density at radius 3 is 2.41 bits per heavy atom. The number of hydrogen-bond donors (Lipinski definition) is 0. The van der Waals surface area contributed by atoms with Crippen molar-refractivity contribution in [1.29, 1.82) is 0 Å². The first-order valence-corrected chi connectivity index (χ1v) is 9.17. The van der Waals surface area contributed by atoms with Gasteiger partial charge >= 0.3 is 0 Å². The Labute approximate surface area is 159 Å². The number of methoxy groups -OCH3 is 2. The largest absolute Gasteiger partial charge is 0.493 e. The Bertz CT molecular complexity index is 1010. The fourth-order valence-corrected chi connectivity index (χ4v) is 3.91. The minimum atomic E-state index is -0.0208. The van der Waals surface area contributed by atoms with Gasteiger partial charge in [-0.15, -0.1) is 0 Å². The first kappa shape index (κ1) is 17.4. The second-order valence-corrected chi connectivity index (χ2v) is 6.89. The maximum Gasteiger partial charge on any atom is 0.254 e. The number of carbonyl (C=O) groups is 1. The molecular formula is C23H23NO3. The van der Waals surface area contributed by atoms with E-state index in [9.17, 15) is 4.79 Å². The standard InChI is InChI=1S/C23H23NO3/c1-15-20-14-22(27-3)21(26-2)13-18(20)10-11-24(15)23(25)19-9-8-16-6-4-5-7-17(16)12-19/h4-9,12-15H,10-11H2,1-3H3.